The molecule has 2 aliphatic heterocycles. The first-order valence-corrected chi connectivity index (χ1v) is 6.08. The summed E-state index contributed by atoms with van der Waals surface area (Å²) in [7, 11) is 0. The highest BCUT2D eigenvalue weighted by Gasteiger charge is 2.47. The van der Waals surface area contributed by atoms with Crippen molar-refractivity contribution in [2.75, 3.05) is 13.2 Å². The van der Waals surface area contributed by atoms with Crippen molar-refractivity contribution in [3.63, 3.8) is 0 Å². The first-order valence-electron chi connectivity index (χ1n) is 6.08. The molecule has 2 fully saturated rings. The third-order valence-electron chi connectivity index (χ3n) is 4.17. The van der Waals surface area contributed by atoms with Gasteiger partial charge in [0.05, 0.1) is 0 Å². The van der Waals surface area contributed by atoms with E-state index >= 15 is 0 Å². The van der Waals surface area contributed by atoms with Gasteiger partial charge in [-0.25, -0.2) is 0 Å². The van der Waals surface area contributed by atoms with Gasteiger partial charge in [-0.3, -0.25) is 9.69 Å². The van der Waals surface area contributed by atoms with E-state index in [1.807, 2.05) is 0 Å². The van der Waals surface area contributed by atoms with Gasteiger partial charge in [-0.1, -0.05) is 6.92 Å². The second-order valence-corrected chi connectivity index (χ2v) is 4.87. The number of hydrogen-bond donors (Lipinski definition) is 0. The first-order chi connectivity index (χ1) is 7.18. The number of rotatable bonds is 3. The zero-order valence-electron chi connectivity index (χ0n) is 9.79. The van der Waals surface area contributed by atoms with Crippen LogP contribution in [0.3, 0.4) is 0 Å². The average molecular weight is 211 g/mol. The van der Waals surface area contributed by atoms with Crippen molar-refractivity contribution in [2.24, 2.45) is 0 Å². The van der Waals surface area contributed by atoms with Crippen LogP contribution in [0.15, 0.2) is 0 Å². The maximum absolute atomic E-state index is 10.8. The van der Waals surface area contributed by atoms with Crippen LogP contribution in [-0.2, 0) is 9.53 Å². The summed E-state index contributed by atoms with van der Waals surface area (Å²) < 4.78 is 5.14. The molecule has 3 heteroatoms. The molecule has 0 aromatic rings. The predicted molar refractivity (Wildman–Crippen MR) is 58.6 cm³/mol. The molecule has 0 spiro atoms. The molecule has 0 bridgehead atoms. The molecule has 0 aliphatic carbocycles. The maximum Gasteiger partial charge on any atom is 0.302 e. The van der Waals surface area contributed by atoms with Crippen molar-refractivity contribution >= 4 is 5.97 Å². The largest absolute Gasteiger partial charge is 0.464 e. The van der Waals surface area contributed by atoms with Crippen LogP contribution in [0.5, 0.6) is 0 Å². The van der Waals surface area contributed by atoms with E-state index in [1.54, 1.807) is 0 Å². The highest BCUT2D eigenvalue weighted by atomic mass is 16.5. The van der Waals surface area contributed by atoms with Crippen molar-refractivity contribution in [1.29, 1.82) is 0 Å². The fourth-order valence-electron chi connectivity index (χ4n) is 3.33. The van der Waals surface area contributed by atoms with Crippen LogP contribution in [0.25, 0.3) is 0 Å². The van der Waals surface area contributed by atoms with Crippen molar-refractivity contribution in [1.82, 2.24) is 4.90 Å². The van der Waals surface area contributed by atoms with Crippen molar-refractivity contribution in [3.8, 4) is 0 Å². The van der Waals surface area contributed by atoms with Crippen molar-refractivity contribution in [3.05, 3.63) is 0 Å². The van der Waals surface area contributed by atoms with Gasteiger partial charge in [-0.2, -0.15) is 0 Å². The van der Waals surface area contributed by atoms with Crippen LogP contribution in [0.2, 0.25) is 0 Å². The van der Waals surface area contributed by atoms with E-state index in [9.17, 15) is 4.79 Å². The van der Waals surface area contributed by atoms with E-state index in [0.29, 0.717) is 18.2 Å². The standard InChI is InChI=1S/C12H21NO2/c1-3-12-6-4-8-13(12)11(5-7-12)9-15-10(2)14/h11H,3-9H2,1-2H3/t11-,12-/m1/s1. The van der Waals surface area contributed by atoms with E-state index in [-0.39, 0.29) is 5.97 Å². The van der Waals surface area contributed by atoms with Crippen LogP contribution in [0, 0.1) is 0 Å². The Morgan fingerprint density at radius 3 is 3.00 bits per heavy atom. The summed E-state index contributed by atoms with van der Waals surface area (Å²) in [6, 6.07) is 0.483. The molecule has 2 atom stereocenters. The second kappa shape index (κ2) is 4.12. The molecule has 2 rings (SSSR count). The van der Waals surface area contributed by atoms with E-state index < -0.39 is 0 Å². The third kappa shape index (κ3) is 1.89. The van der Waals surface area contributed by atoms with Gasteiger partial charge in [0.2, 0.25) is 0 Å². The zero-order valence-corrected chi connectivity index (χ0v) is 9.79. The van der Waals surface area contributed by atoms with Gasteiger partial charge < -0.3 is 4.74 Å². The van der Waals surface area contributed by atoms with Crippen molar-refractivity contribution < 1.29 is 9.53 Å². The molecule has 2 aliphatic rings. The number of hydrogen-bond acceptors (Lipinski definition) is 3. The Hall–Kier alpha value is -0.570. The summed E-state index contributed by atoms with van der Waals surface area (Å²) in [5.41, 5.74) is 0.449. The van der Waals surface area contributed by atoms with Crippen LogP contribution in [-0.4, -0.2) is 35.6 Å². The summed E-state index contributed by atoms with van der Waals surface area (Å²) in [5, 5.41) is 0. The molecule has 0 saturated carbocycles. The molecule has 2 heterocycles. The molecule has 15 heavy (non-hydrogen) atoms. The Morgan fingerprint density at radius 2 is 2.33 bits per heavy atom. The molecule has 3 nitrogen and oxygen atoms in total. The van der Waals surface area contributed by atoms with Gasteiger partial charge in [0.15, 0.2) is 0 Å². The topological polar surface area (TPSA) is 29.5 Å². The molecule has 0 radical (unpaired) electrons. The number of carbonyl (C=O) groups excluding carboxylic acids is 1. The first kappa shape index (κ1) is 10.9. The Balaban J connectivity index is 1.96. The molecular weight excluding hydrogens is 190 g/mol. The number of ether oxygens (including phenoxy) is 1. The summed E-state index contributed by atoms with van der Waals surface area (Å²) in [4.78, 5) is 13.4. The lowest BCUT2D eigenvalue weighted by molar-refractivity contribution is -0.142. The lowest BCUT2D eigenvalue weighted by Gasteiger charge is -2.34. The smallest absolute Gasteiger partial charge is 0.302 e. The minimum absolute atomic E-state index is 0.150. The quantitative estimate of drug-likeness (QED) is 0.668. The lowest BCUT2D eigenvalue weighted by Crippen LogP contribution is -2.43. The molecule has 86 valence electrons. The number of esters is 1. The summed E-state index contributed by atoms with van der Waals surface area (Å²) in [6.07, 6.45) is 6.37. The average Bonchev–Trinajstić information content (AvgIpc) is 2.73. The van der Waals surface area contributed by atoms with Gasteiger partial charge in [0.25, 0.3) is 0 Å². The summed E-state index contributed by atoms with van der Waals surface area (Å²) in [6.45, 7) is 5.56. The monoisotopic (exact) mass is 211 g/mol. The molecule has 0 aromatic heterocycles. The molecule has 0 aromatic carbocycles. The molecule has 2 saturated heterocycles. The van der Waals surface area contributed by atoms with Gasteiger partial charge in [-0.05, 0) is 38.6 Å². The summed E-state index contributed by atoms with van der Waals surface area (Å²) >= 11 is 0. The van der Waals surface area contributed by atoms with E-state index in [2.05, 4.69) is 11.8 Å². The van der Waals surface area contributed by atoms with E-state index in [4.69, 9.17) is 4.74 Å². The summed E-state index contributed by atoms with van der Waals surface area (Å²) in [5.74, 6) is -0.150. The van der Waals surface area contributed by atoms with Gasteiger partial charge in [-0.15, -0.1) is 0 Å². The predicted octanol–water partition coefficient (Wildman–Crippen LogP) is 1.96. The van der Waals surface area contributed by atoms with Crippen LogP contribution < -0.4 is 0 Å². The normalized spacial score (nSPS) is 35.5. The van der Waals surface area contributed by atoms with Crippen molar-refractivity contribution in [2.45, 2.75) is 57.5 Å². The fourth-order valence-corrected chi connectivity index (χ4v) is 3.33. The second-order valence-electron chi connectivity index (χ2n) is 4.87. The molecule has 0 unspecified atom stereocenters. The Morgan fingerprint density at radius 1 is 1.53 bits per heavy atom. The number of fused-ring (bicyclic) bond motifs is 1. The Kier molecular flexibility index (Phi) is 3.01. The van der Waals surface area contributed by atoms with Gasteiger partial charge >= 0.3 is 5.97 Å². The van der Waals surface area contributed by atoms with E-state index in [1.165, 1.54) is 45.6 Å². The Labute approximate surface area is 91.8 Å². The fraction of sp³-hybridized carbons (Fsp3) is 0.917. The highest BCUT2D eigenvalue weighted by Crippen LogP contribution is 2.44. The minimum atomic E-state index is -0.150. The molecule has 0 N–H and O–H groups in total. The SMILES string of the molecule is CC[C@]12CCCN1[C@@H](COC(C)=O)CC2. The van der Waals surface area contributed by atoms with Crippen LogP contribution >= 0.6 is 0 Å². The van der Waals surface area contributed by atoms with Gasteiger partial charge in [0.1, 0.15) is 6.61 Å². The zero-order chi connectivity index (χ0) is 10.9. The minimum Gasteiger partial charge on any atom is -0.464 e. The lowest BCUT2D eigenvalue weighted by atomic mass is 9.91. The highest BCUT2D eigenvalue weighted by molar-refractivity contribution is 5.65. The molecule has 0 amide bonds. The Bertz CT molecular complexity index is 254. The maximum atomic E-state index is 10.8. The van der Waals surface area contributed by atoms with Gasteiger partial charge in [0, 0.05) is 18.5 Å². The van der Waals surface area contributed by atoms with E-state index in [0.717, 1.165) is 0 Å². The van der Waals surface area contributed by atoms with Crippen LogP contribution in [0.4, 0.5) is 0 Å². The van der Waals surface area contributed by atoms with Crippen LogP contribution in [0.1, 0.15) is 46.0 Å². The number of nitrogens with zero attached hydrogens (tertiary/aromatic N) is 1. The molecular formula is C12H21NO2. The number of carbonyl (C=O) groups is 1. The third-order valence-corrected chi connectivity index (χ3v) is 4.17.